The average Bonchev–Trinajstić information content (AvgIpc) is 3.01. The maximum Gasteiger partial charge on any atom is 0.293 e. The number of aromatic nitrogens is 2. The van der Waals surface area contributed by atoms with E-state index in [0.29, 0.717) is 0 Å². The molecule has 0 saturated heterocycles. The Labute approximate surface area is 113 Å². The lowest BCUT2D eigenvalue weighted by molar-refractivity contribution is -0.118. The van der Waals surface area contributed by atoms with Crippen molar-refractivity contribution in [2.45, 2.75) is 38.2 Å². The number of carbonyl (C=O) groups is 1. The number of ketones is 1. The first-order chi connectivity index (χ1) is 9.34. The molecule has 108 valence electrons. The van der Waals surface area contributed by atoms with Gasteiger partial charge < -0.3 is 0 Å². The molecule has 2 atom stereocenters. The summed E-state index contributed by atoms with van der Waals surface area (Å²) in [5.41, 5.74) is -1.09. The summed E-state index contributed by atoms with van der Waals surface area (Å²) in [7, 11) is 0. The van der Waals surface area contributed by atoms with Gasteiger partial charge in [0.15, 0.2) is 5.78 Å². The lowest BCUT2D eigenvalue weighted by Crippen LogP contribution is -2.22. The fourth-order valence-electron chi connectivity index (χ4n) is 2.79. The van der Waals surface area contributed by atoms with E-state index in [9.17, 15) is 22.4 Å². The third-order valence-electron chi connectivity index (χ3n) is 3.54. The van der Waals surface area contributed by atoms with Gasteiger partial charge in [0.05, 0.1) is 6.54 Å². The van der Waals surface area contributed by atoms with Crippen molar-refractivity contribution in [2.24, 2.45) is 5.92 Å². The predicted octanol–water partition coefficient (Wildman–Crippen LogP) is 2.87. The van der Waals surface area contributed by atoms with E-state index in [1.165, 1.54) is 6.92 Å². The van der Waals surface area contributed by atoms with Crippen molar-refractivity contribution < 1.29 is 22.4 Å². The Balaban J connectivity index is 0.000000704. The van der Waals surface area contributed by atoms with Gasteiger partial charge in [-0.25, -0.2) is 8.78 Å². The second-order valence-corrected chi connectivity index (χ2v) is 4.88. The van der Waals surface area contributed by atoms with E-state index < -0.39 is 41.4 Å². The van der Waals surface area contributed by atoms with Crippen molar-refractivity contribution in [3.63, 3.8) is 0 Å². The molecule has 1 aromatic rings. The fraction of sp³-hybridized carbons (Fsp3) is 0.538. The zero-order valence-electron chi connectivity index (χ0n) is 10.6. The van der Waals surface area contributed by atoms with Crippen LogP contribution in [0.25, 0.3) is 0 Å². The van der Waals surface area contributed by atoms with E-state index in [1.54, 1.807) is 0 Å². The molecule has 7 heteroatoms. The van der Waals surface area contributed by atoms with Crippen LogP contribution >= 0.6 is 0 Å². The number of carbonyl (C=O) groups excluding carboxylic acids is 1. The van der Waals surface area contributed by atoms with Crippen LogP contribution in [0.4, 0.5) is 17.6 Å². The smallest absolute Gasteiger partial charge is 0.293 e. The molecule has 0 aliphatic heterocycles. The molecule has 2 aliphatic rings. The molecule has 0 N–H and O–H groups in total. The molecule has 0 aromatic carbocycles. The number of rotatable bonds is 3. The highest BCUT2D eigenvalue weighted by Gasteiger charge is 2.67. The first kappa shape index (κ1) is 14.6. The van der Waals surface area contributed by atoms with Crippen molar-refractivity contribution in [1.29, 1.82) is 0 Å². The first-order valence-corrected chi connectivity index (χ1v) is 5.93. The maximum atomic E-state index is 13.9. The summed E-state index contributed by atoms with van der Waals surface area (Å²) in [6.07, 6.45) is 5.34. The van der Waals surface area contributed by atoms with E-state index in [-0.39, 0.29) is 18.5 Å². The van der Waals surface area contributed by atoms with Crippen molar-refractivity contribution >= 4 is 5.78 Å². The molecule has 0 amide bonds. The van der Waals surface area contributed by atoms with Crippen LogP contribution in [0.3, 0.4) is 0 Å². The van der Waals surface area contributed by atoms with Crippen LogP contribution in [0, 0.1) is 18.8 Å². The Morgan fingerprint density at radius 3 is 2.60 bits per heavy atom. The number of Topliss-reactive ketones (excluding diaryl/α,β-unsaturated/α-hetero) is 1. The second kappa shape index (κ2) is 4.62. The van der Waals surface area contributed by atoms with Crippen LogP contribution in [0.1, 0.15) is 42.6 Å². The van der Waals surface area contributed by atoms with E-state index in [1.807, 2.05) is 0 Å². The molecule has 1 heterocycles. The molecule has 2 aliphatic carbocycles. The molecule has 3 nitrogen and oxygen atoms in total. The average molecular weight is 288 g/mol. The Morgan fingerprint density at radius 1 is 1.50 bits per heavy atom. The minimum Gasteiger partial charge on any atom is -0.298 e. The maximum absolute atomic E-state index is 13.9. The third-order valence-corrected chi connectivity index (χ3v) is 3.54. The van der Waals surface area contributed by atoms with Gasteiger partial charge in [-0.05, 0) is 19.3 Å². The van der Waals surface area contributed by atoms with Gasteiger partial charge >= 0.3 is 0 Å². The van der Waals surface area contributed by atoms with Gasteiger partial charge in [0, 0.05) is 11.5 Å². The van der Waals surface area contributed by atoms with Crippen LogP contribution in [0.5, 0.6) is 0 Å². The van der Waals surface area contributed by atoms with E-state index >= 15 is 0 Å². The van der Waals surface area contributed by atoms with Crippen LogP contribution in [-0.2, 0) is 17.3 Å². The first-order valence-electron chi connectivity index (χ1n) is 5.93. The summed E-state index contributed by atoms with van der Waals surface area (Å²) in [4.78, 5) is 11.0. The summed E-state index contributed by atoms with van der Waals surface area (Å²) in [6, 6.07) is 0. The van der Waals surface area contributed by atoms with Crippen molar-refractivity contribution in [3.05, 3.63) is 17.0 Å². The lowest BCUT2D eigenvalue weighted by Gasteiger charge is -2.14. The summed E-state index contributed by atoms with van der Waals surface area (Å²) in [6.45, 7) is 0.827. The minimum absolute atomic E-state index is 0.0266. The molecule has 0 radical (unpaired) electrons. The standard InChI is InChI=1S/C11H10F4N2O.C2H2/c1-4(18)3-17-9-7(8(16-17)10(12)13)5-2-6(5)11(9,14)15;1-2/h5-6,10H,2-3H2,1H3;1-2H. The lowest BCUT2D eigenvalue weighted by atomic mass is 10.1. The quantitative estimate of drug-likeness (QED) is 0.633. The highest BCUT2D eigenvalue weighted by Crippen LogP contribution is 2.68. The fourth-order valence-corrected chi connectivity index (χ4v) is 2.79. The Morgan fingerprint density at radius 2 is 2.10 bits per heavy atom. The molecule has 2 unspecified atom stereocenters. The van der Waals surface area contributed by atoms with Gasteiger partial charge in [-0.15, -0.1) is 12.8 Å². The molecule has 1 aromatic heterocycles. The van der Waals surface area contributed by atoms with Crippen LogP contribution in [0.15, 0.2) is 0 Å². The number of alkyl halides is 4. The van der Waals surface area contributed by atoms with Crippen molar-refractivity contribution in [3.8, 4) is 12.8 Å². The predicted molar refractivity (Wildman–Crippen MR) is 62.5 cm³/mol. The summed E-state index contributed by atoms with van der Waals surface area (Å²) in [5.74, 6) is -4.94. The second-order valence-electron chi connectivity index (χ2n) is 4.88. The van der Waals surface area contributed by atoms with Gasteiger partial charge in [0.25, 0.3) is 12.3 Å². The monoisotopic (exact) mass is 288 g/mol. The summed E-state index contributed by atoms with van der Waals surface area (Å²) >= 11 is 0. The molecule has 3 rings (SSSR count). The highest BCUT2D eigenvalue weighted by molar-refractivity contribution is 5.75. The molecule has 0 bridgehead atoms. The molecular weight excluding hydrogens is 276 g/mol. The number of fused-ring (bicyclic) bond motifs is 3. The van der Waals surface area contributed by atoms with Crippen LogP contribution in [-0.4, -0.2) is 15.6 Å². The molecule has 20 heavy (non-hydrogen) atoms. The highest BCUT2D eigenvalue weighted by atomic mass is 19.3. The topological polar surface area (TPSA) is 34.9 Å². The molecule has 1 fully saturated rings. The number of halogens is 4. The van der Waals surface area contributed by atoms with Gasteiger partial charge in [0.1, 0.15) is 11.4 Å². The van der Waals surface area contributed by atoms with E-state index in [0.717, 1.165) is 4.68 Å². The molecular formula is C13H12F4N2O. The van der Waals surface area contributed by atoms with Gasteiger partial charge in [-0.2, -0.15) is 13.9 Å². The number of hydrogen-bond acceptors (Lipinski definition) is 2. The number of hydrogen-bond donors (Lipinski definition) is 0. The Kier molecular flexibility index (Phi) is 3.36. The Hall–Kier alpha value is -1.84. The summed E-state index contributed by atoms with van der Waals surface area (Å²) in [5, 5.41) is 3.51. The molecule has 1 saturated carbocycles. The van der Waals surface area contributed by atoms with Crippen molar-refractivity contribution in [2.75, 3.05) is 0 Å². The summed E-state index contributed by atoms with van der Waals surface area (Å²) < 4.78 is 54.3. The molecule has 0 spiro atoms. The SMILES string of the molecule is C#C.CC(=O)Cn1nc(C(F)F)c2c1C(F)(F)C1CC21. The number of terminal acetylenes is 1. The van der Waals surface area contributed by atoms with Gasteiger partial charge in [0.2, 0.25) is 0 Å². The minimum atomic E-state index is -3.14. The largest absolute Gasteiger partial charge is 0.298 e. The van der Waals surface area contributed by atoms with Gasteiger partial charge in [-0.1, -0.05) is 0 Å². The van der Waals surface area contributed by atoms with Crippen LogP contribution < -0.4 is 0 Å². The zero-order valence-corrected chi connectivity index (χ0v) is 10.6. The Bertz CT molecular complexity index is 576. The van der Waals surface area contributed by atoms with Crippen LogP contribution in [0.2, 0.25) is 0 Å². The van der Waals surface area contributed by atoms with Crippen molar-refractivity contribution in [1.82, 2.24) is 9.78 Å². The van der Waals surface area contributed by atoms with Gasteiger partial charge in [-0.3, -0.25) is 9.48 Å². The third kappa shape index (κ3) is 1.90. The normalized spacial score (nSPS) is 24.6. The number of nitrogens with zero attached hydrogens (tertiary/aromatic N) is 2. The zero-order chi connectivity index (χ0) is 15.2. The van der Waals surface area contributed by atoms with E-state index in [2.05, 4.69) is 17.9 Å². The van der Waals surface area contributed by atoms with E-state index in [4.69, 9.17) is 0 Å².